The lowest BCUT2D eigenvalue weighted by molar-refractivity contribution is -0.0288. The Morgan fingerprint density at radius 1 is 0.275 bits per heavy atom. The lowest BCUT2D eigenvalue weighted by Gasteiger charge is -2.42. The van der Waals surface area contributed by atoms with E-state index < -0.39 is 56.0 Å². The van der Waals surface area contributed by atoms with Crippen LogP contribution in [0.4, 0.5) is 4.39 Å². The number of nitrogens with zero attached hydrogens (tertiary/aromatic N) is 5. The number of piperidine rings is 5. The van der Waals surface area contributed by atoms with Crippen LogP contribution in [0.3, 0.4) is 0 Å². The molecule has 5 aromatic carbocycles. The van der Waals surface area contributed by atoms with Crippen molar-refractivity contribution in [1.29, 1.82) is 0 Å². The fourth-order valence-corrected chi connectivity index (χ4v) is 29.1. The third kappa shape index (κ3) is 31.9. The SMILES string of the molecule is CS(=O)(=O)N[C@H]1CCCN2CCCOc3ccccc3C3CCC(CC3)OCC12.CS(=O)(=O)N[C@H]1CCCN2CCOc3c(F)cccc3C3CCC(CC3)OCC12.CS(=O)(=O)N[C@H]1CCCN2CCOc3ccccc3C3CCC(CC3)OCC12.[2H]C12CCC(CC1)OCC1[C@@H](NS(C)(=O)=O)CCCN1CCOc1ccccc12.[2H]C1CC2CCC1c1ccccc1OCCN1CCC[C@H](NS(C)(=O)=O)C1CO2. The molecule has 15 heterocycles. The van der Waals surface area contributed by atoms with Crippen molar-refractivity contribution < 1.29 is 96.6 Å². The second kappa shape index (κ2) is 51.6. The Morgan fingerprint density at radius 3 is 0.859 bits per heavy atom. The number of hydrogen-bond acceptors (Lipinski definition) is 25. The molecule has 5 N–H and O–H groups in total. The zero-order chi connectivity index (χ0) is 101. The Morgan fingerprint density at radius 2 is 0.528 bits per heavy atom. The normalized spacial score (nSPS) is 33.2. The predicted octanol–water partition coefficient (Wildman–Crippen LogP) is 13.0. The fraction of sp³-hybridized carbons (Fsp3) is 0.717. The molecule has 0 spiro atoms. The van der Waals surface area contributed by atoms with Gasteiger partial charge in [0, 0.05) is 101 Å². The maximum Gasteiger partial charge on any atom is 0.209 e. The molecule has 13 atom stereocenters. The molecule has 36 heteroatoms. The van der Waals surface area contributed by atoms with E-state index >= 15 is 0 Å². The van der Waals surface area contributed by atoms with Gasteiger partial charge in [-0.3, -0.25) is 24.5 Å². The van der Waals surface area contributed by atoms with Gasteiger partial charge in [-0.05, 0) is 314 Å². The summed E-state index contributed by atoms with van der Waals surface area (Å²) in [5.74, 6) is 4.73. The van der Waals surface area contributed by atoms with Crippen molar-refractivity contribution in [3.63, 3.8) is 0 Å². The van der Waals surface area contributed by atoms with Gasteiger partial charge in [-0.1, -0.05) is 84.9 Å². The van der Waals surface area contributed by atoms with Crippen molar-refractivity contribution in [2.24, 2.45) is 0 Å². The van der Waals surface area contributed by atoms with Gasteiger partial charge in [0.05, 0.1) is 101 Å². The minimum atomic E-state index is -3.30. The Bertz CT molecular complexity index is 5520. The van der Waals surface area contributed by atoms with Crippen LogP contribution < -0.4 is 47.3 Å². The first-order valence-corrected chi connectivity index (χ1v) is 62.5. The average Bonchev–Trinajstić information content (AvgIpc) is 1.37. The van der Waals surface area contributed by atoms with Crippen molar-refractivity contribution in [3.05, 3.63) is 149 Å². The number of rotatable bonds is 10. The Kier molecular flexibility index (Phi) is 38.5. The molecule has 0 aromatic heterocycles. The van der Waals surface area contributed by atoms with Crippen LogP contribution in [0.1, 0.15) is 259 Å². The summed E-state index contributed by atoms with van der Waals surface area (Å²) in [6.07, 6.45) is 34.8. The van der Waals surface area contributed by atoms with Crippen molar-refractivity contribution in [2.75, 3.05) is 163 Å². The van der Waals surface area contributed by atoms with Gasteiger partial charge in [0.2, 0.25) is 50.1 Å². The number of nitrogens with one attached hydrogen (secondary N) is 5. The standard InChI is InChI=1S/C22H34N2O4S.C21H31FN2O4S.3C21H32N2O4S/c1-29(25,26)23-20-7-4-13-24-14-5-15-27-22-8-3-2-6-19(22)17-9-11-18(12-10-17)28-16-21(20)24;1-29(25,26)23-19-6-3-11-24-12-13-27-21-17(4-2-5-18(21)22)15-7-9-16(10-8-15)28-14-20(19)24;3*1-28(24,25)22-19-6-4-12-23-13-14-26-21-7-3-2-5-18(21)16-8-10-17(11-9-16)27-15-20(19)23/h2-3,6,8,17-18,20-21,23H,4-5,7,9-16H2,1H3;2,4-5,15-16,19-20,23H,3,6-14H2,1H3;3*2-3,5,7,16-17,19-20,22H,4,6,8-15H2,1H3/t17?,18?,20-,21?;15?,16?,19-,20?;3*16?,17?,19-,20?/m00000/s1/i;;16D;8D;/t3m;8?,16?,17?,19-,20?;m. The summed E-state index contributed by atoms with van der Waals surface area (Å²) in [6.45, 7) is 13.7. The van der Waals surface area contributed by atoms with E-state index in [2.05, 4.69) is 96.6 Å². The van der Waals surface area contributed by atoms with Gasteiger partial charge in [0.1, 0.15) is 49.4 Å². The second-order valence-electron chi connectivity index (χ2n) is 42.2. The highest BCUT2D eigenvalue weighted by Gasteiger charge is 2.43. The Hall–Kier alpha value is -5.82. The lowest BCUT2D eigenvalue weighted by atomic mass is 9.82. The van der Waals surface area contributed by atoms with Crippen molar-refractivity contribution in [1.82, 2.24) is 48.1 Å². The van der Waals surface area contributed by atoms with Gasteiger partial charge in [-0.25, -0.2) is 70.1 Å². The van der Waals surface area contributed by atoms with E-state index in [1.54, 1.807) is 6.07 Å². The van der Waals surface area contributed by atoms with E-state index in [9.17, 15) is 46.5 Å². The van der Waals surface area contributed by atoms with Crippen molar-refractivity contribution in [2.45, 2.75) is 320 Å². The molecular weight excluding hydrogens is 1910 g/mol. The molecule has 142 heavy (non-hydrogen) atoms. The first-order chi connectivity index (χ1) is 69.1. The van der Waals surface area contributed by atoms with Crippen LogP contribution in [-0.4, -0.2) is 320 Å². The summed E-state index contributed by atoms with van der Waals surface area (Å²) in [5.41, 5.74) is 5.75. The van der Waals surface area contributed by atoms with Crippen LogP contribution in [0.25, 0.3) is 0 Å². The summed E-state index contributed by atoms with van der Waals surface area (Å²) in [7, 11) is -16.3. The summed E-state index contributed by atoms with van der Waals surface area (Å²) < 4.78 is 227. The summed E-state index contributed by atoms with van der Waals surface area (Å²) >= 11 is 0. The molecule has 0 amide bonds. The van der Waals surface area contributed by atoms with E-state index in [1.807, 2.05) is 54.6 Å². The molecule has 8 unspecified atom stereocenters. The van der Waals surface area contributed by atoms with Crippen LogP contribution in [0.5, 0.6) is 28.7 Å². The first kappa shape index (κ1) is 106. The van der Waals surface area contributed by atoms with Crippen molar-refractivity contribution >= 4 is 50.1 Å². The fourth-order valence-electron chi connectivity index (χ4n) is 24.9. The lowest BCUT2D eigenvalue weighted by Crippen LogP contribution is -2.58. The zero-order valence-corrected chi connectivity index (χ0v) is 88.3. The van der Waals surface area contributed by atoms with E-state index in [1.165, 1.54) is 48.5 Å². The largest absolute Gasteiger partial charge is 0.493 e. The number of para-hydroxylation sites is 5. The molecule has 20 aliphatic rings. The molecule has 25 rings (SSSR count). The molecule has 10 bridgehead atoms. The number of ether oxygens (including phenoxy) is 10. The molecular formula is C106H161FN10O20S5. The average molecular weight is 2080 g/mol. The zero-order valence-electron chi connectivity index (χ0n) is 86.2. The number of fused-ring (bicyclic) bond motifs is 26. The molecule has 30 nitrogen and oxygen atoms in total. The molecule has 15 aliphatic heterocycles. The number of sulfonamides is 5. The molecule has 5 saturated carbocycles. The van der Waals surface area contributed by atoms with Gasteiger partial charge in [0.15, 0.2) is 11.6 Å². The summed E-state index contributed by atoms with van der Waals surface area (Å²) in [5, 5.41) is 0. The quantitative estimate of drug-likeness (QED) is 0.0867. The maximum atomic E-state index is 14.5. The highest BCUT2D eigenvalue weighted by atomic mass is 32.2. The van der Waals surface area contributed by atoms with Crippen LogP contribution in [0, 0.1) is 5.82 Å². The number of halogens is 1. The maximum absolute atomic E-state index is 14.5. The smallest absolute Gasteiger partial charge is 0.209 e. The molecule has 10 fully saturated rings. The minimum absolute atomic E-state index is 0.000701. The molecule has 5 aliphatic carbocycles. The van der Waals surface area contributed by atoms with E-state index in [0.29, 0.717) is 109 Å². The molecule has 792 valence electrons. The summed E-state index contributed by atoms with van der Waals surface area (Å²) in [6, 6.07) is 37.6. The molecule has 5 saturated heterocycles. The van der Waals surface area contributed by atoms with Gasteiger partial charge in [-0.2, -0.15) is 0 Å². The highest BCUT2D eigenvalue weighted by molar-refractivity contribution is 7.89. The van der Waals surface area contributed by atoms with E-state index in [4.69, 9.17) is 50.1 Å². The van der Waals surface area contributed by atoms with E-state index in [0.717, 1.165) is 278 Å². The number of hydrogen-bond donors (Lipinski definition) is 5. The topological polar surface area (TPSA) is 339 Å². The third-order valence-electron chi connectivity index (χ3n) is 32.0. The Balaban J connectivity index is 0.000000129. The minimum Gasteiger partial charge on any atom is -0.493 e. The van der Waals surface area contributed by atoms with Crippen LogP contribution in [0.15, 0.2) is 115 Å². The van der Waals surface area contributed by atoms with Gasteiger partial charge in [-0.15, -0.1) is 0 Å². The number of benzene rings is 5. The first-order valence-electron chi connectivity index (χ1n) is 54.1. The molecule has 5 aromatic rings. The van der Waals surface area contributed by atoms with Crippen LogP contribution >= 0.6 is 0 Å². The van der Waals surface area contributed by atoms with Gasteiger partial charge >= 0.3 is 0 Å². The van der Waals surface area contributed by atoms with Crippen LogP contribution in [-0.2, 0) is 73.8 Å². The highest BCUT2D eigenvalue weighted by Crippen LogP contribution is 2.46. The van der Waals surface area contributed by atoms with Crippen molar-refractivity contribution in [3.8, 4) is 28.7 Å². The Labute approximate surface area is 849 Å². The van der Waals surface area contributed by atoms with Gasteiger partial charge < -0.3 is 47.4 Å². The third-order valence-corrected chi connectivity index (χ3v) is 35.6. The predicted molar refractivity (Wildman–Crippen MR) is 551 cm³/mol. The molecule has 0 radical (unpaired) electrons. The summed E-state index contributed by atoms with van der Waals surface area (Å²) in [4.78, 5) is 11.6. The second-order valence-corrected chi connectivity index (χ2v) is 51.1. The van der Waals surface area contributed by atoms with E-state index in [-0.39, 0.29) is 109 Å². The monoisotopic (exact) mass is 2080 g/mol. The van der Waals surface area contributed by atoms with Gasteiger partial charge in [0.25, 0.3) is 0 Å². The van der Waals surface area contributed by atoms with Crippen LogP contribution in [0.2, 0.25) is 0 Å².